The zero-order valence-corrected chi connectivity index (χ0v) is 13.7. The SMILES string of the molecule is Nc1csc(S(=O)(=O)Nc2cc(Br)ccc2Br)c1. The summed E-state index contributed by atoms with van der Waals surface area (Å²) in [5, 5.41) is 1.59. The van der Waals surface area contributed by atoms with E-state index in [9.17, 15) is 8.42 Å². The number of halogens is 2. The van der Waals surface area contributed by atoms with Crippen molar-refractivity contribution in [2.75, 3.05) is 10.5 Å². The smallest absolute Gasteiger partial charge is 0.271 e. The van der Waals surface area contributed by atoms with Gasteiger partial charge in [-0.25, -0.2) is 8.42 Å². The third kappa shape index (κ3) is 3.05. The summed E-state index contributed by atoms with van der Waals surface area (Å²) in [5.74, 6) is 0. The number of hydrogen-bond donors (Lipinski definition) is 2. The molecule has 0 spiro atoms. The Hall–Kier alpha value is -0.570. The lowest BCUT2D eigenvalue weighted by molar-refractivity contribution is 0.603. The van der Waals surface area contributed by atoms with Gasteiger partial charge in [0.1, 0.15) is 4.21 Å². The van der Waals surface area contributed by atoms with Gasteiger partial charge in [-0.3, -0.25) is 4.72 Å². The number of rotatable bonds is 3. The minimum atomic E-state index is -3.59. The third-order valence-electron chi connectivity index (χ3n) is 2.03. The van der Waals surface area contributed by atoms with Crippen LogP contribution in [0.5, 0.6) is 0 Å². The molecule has 2 aromatic rings. The largest absolute Gasteiger partial charge is 0.398 e. The second kappa shape index (κ2) is 5.20. The molecular formula is C10H8Br2N2O2S2. The van der Waals surface area contributed by atoms with Gasteiger partial charge in [-0.1, -0.05) is 15.9 Å². The van der Waals surface area contributed by atoms with Crippen molar-refractivity contribution in [1.29, 1.82) is 0 Å². The maximum atomic E-state index is 12.1. The van der Waals surface area contributed by atoms with E-state index in [-0.39, 0.29) is 4.21 Å². The Kier molecular flexibility index (Phi) is 4.00. The lowest BCUT2D eigenvalue weighted by Gasteiger charge is -2.08. The number of sulfonamides is 1. The molecule has 0 aliphatic carbocycles. The van der Waals surface area contributed by atoms with Crippen LogP contribution in [0.15, 0.2) is 42.8 Å². The molecule has 0 fully saturated rings. The molecule has 0 unspecified atom stereocenters. The molecule has 1 aromatic carbocycles. The summed E-state index contributed by atoms with van der Waals surface area (Å²) in [6.07, 6.45) is 0. The fourth-order valence-electron chi connectivity index (χ4n) is 1.24. The molecule has 0 saturated heterocycles. The molecule has 4 nitrogen and oxygen atoms in total. The third-order valence-corrected chi connectivity index (χ3v) is 6.04. The maximum absolute atomic E-state index is 12.1. The molecule has 0 saturated carbocycles. The minimum absolute atomic E-state index is 0.187. The summed E-state index contributed by atoms with van der Waals surface area (Å²) in [7, 11) is -3.59. The van der Waals surface area contributed by atoms with E-state index in [1.54, 1.807) is 17.5 Å². The van der Waals surface area contributed by atoms with Crippen molar-refractivity contribution < 1.29 is 8.42 Å². The van der Waals surface area contributed by atoms with Crippen LogP contribution in [0.4, 0.5) is 11.4 Å². The Morgan fingerprint density at radius 3 is 2.56 bits per heavy atom. The van der Waals surface area contributed by atoms with E-state index in [1.165, 1.54) is 6.07 Å². The van der Waals surface area contributed by atoms with E-state index in [1.807, 2.05) is 6.07 Å². The van der Waals surface area contributed by atoms with E-state index in [4.69, 9.17) is 5.73 Å². The summed E-state index contributed by atoms with van der Waals surface area (Å²) in [6, 6.07) is 6.67. The van der Waals surface area contributed by atoms with E-state index in [2.05, 4.69) is 36.6 Å². The van der Waals surface area contributed by atoms with Crippen LogP contribution < -0.4 is 10.5 Å². The predicted octanol–water partition coefficient (Wildman–Crippen LogP) is 3.66. The highest BCUT2D eigenvalue weighted by atomic mass is 79.9. The van der Waals surface area contributed by atoms with Gasteiger partial charge in [0.25, 0.3) is 10.0 Å². The highest BCUT2D eigenvalue weighted by Gasteiger charge is 2.17. The summed E-state index contributed by atoms with van der Waals surface area (Å²) in [4.78, 5) is 0. The first-order valence-electron chi connectivity index (χ1n) is 4.70. The van der Waals surface area contributed by atoms with Crippen LogP contribution >= 0.6 is 43.2 Å². The monoisotopic (exact) mass is 410 g/mol. The van der Waals surface area contributed by atoms with Crippen molar-refractivity contribution in [2.24, 2.45) is 0 Å². The van der Waals surface area contributed by atoms with Crippen LogP contribution in [-0.2, 0) is 10.0 Å². The van der Waals surface area contributed by atoms with Gasteiger partial charge in [-0.15, -0.1) is 11.3 Å². The second-order valence-corrected chi connectivity index (χ2v) is 8.02. The quantitative estimate of drug-likeness (QED) is 0.809. The predicted molar refractivity (Wildman–Crippen MR) is 81.4 cm³/mol. The normalized spacial score (nSPS) is 11.4. The number of hydrogen-bond acceptors (Lipinski definition) is 4. The number of anilines is 2. The van der Waals surface area contributed by atoms with Crippen LogP contribution in [0.1, 0.15) is 0 Å². The number of nitrogens with one attached hydrogen (secondary N) is 1. The first-order chi connectivity index (χ1) is 8.38. The molecular weight excluding hydrogens is 404 g/mol. The van der Waals surface area contributed by atoms with Crippen molar-refractivity contribution in [1.82, 2.24) is 0 Å². The van der Waals surface area contributed by atoms with Crippen LogP contribution in [0, 0.1) is 0 Å². The van der Waals surface area contributed by atoms with E-state index in [0.29, 0.717) is 15.8 Å². The summed E-state index contributed by atoms with van der Waals surface area (Å²) >= 11 is 7.67. The van der Waals surface area contributed by atoms with Gasteiger partial charge < -0.3 is 5.73 Å². The van der Waals surface area contributed by atoms with E-state index in [0.717, 1.165) is 15.8 Å². The van der Waals surface area contributed by atoms with Crippen LogP contribution in [-0.4, -0.2) is 8.42 Å². The first kappa shape index (κ1) is 13.9. The number of nitrogen functional groups attached to an aromatic ring is 1. The maximum Gasteiger partial charge on any atom is 0.271 e. The van der Waals surface area contributed by atoms with Crippen LogP contribution in [0.25, 0.3) is 0 Å². The molecule has 0 radical (unpaired) electrons. The van der Waals surface area contributed by atoms with Crippen molar-refractivity contribution >= 4 is 64.6 Å². The highest BCUT2D eigenvalue weighted by Crippen LogP contribution is 2.30. The Morgan fingerprint density at radius 1 is 1.22 bits per heavy atom. The zero-order chi connectivity index (χ0) is 13.3. The van der Waals surface area contributed by atoms with Gasteiger partial charge in [0.15, 0.2) is 0 Å². The van der Waals surface area contributed by atoms with Crippen LogP contribution in [0.3, 0.4) is 0 Å². The number of benzene rings is 1. The molecule has 0 amide bonds. The van der Waals surface area contributed by atoms with Gasteiger partial charge in [0, 0.05) is 20.0 Å². The highest BCUT2D eigenvalue weighted by molar-refractivity contribution is 9.11. The Labute approximate surface area is 126 Å². The Morgan fingerprint density at radius 2 is 1.94 bits per heavy atom. The molecule has 0 aliphatic rings. The first-order valence-corrected chi connectivity index (χ1v) is 8.65. The Balaban J connectivity index is 2.36. The summed E-state index contributed by atoms with van der Waals surface area (Å²) in [6.45, 7) is 0. The van der Waals surface area contributed by atoms with Crippen molar-refractivity contribution in [3.8, 4) is 0 Å². The van der Waals surface area contributed by atoms with Gasteiger partial charge in [0.2, 0.25) is 0 Å². The molecule has 1 aromatic heterocycles. The van der Waals surface area contributed by atoms with Crippen molar-refractivity contribution in [3.05, 3.63) is 38.6 Å². The van der Waals surface area contributed by atoms with Gasteiger partial charge >= 0.3 is 0 Å². The summed E-state index contributed by atoms with van der Waals surface area (Å²) < 4.78 is 28.3. The molecule has 0 bridgehead atoms. The molecule has 18 heavy (non-hydrogen) atoms. The van der Waals surface area contributed by atoms with E-state index < -0.39 is 10.0 Å². The molecule has 0 aliphatic heterocycles. The number of nitrogens with two attached hydrogens (primary N) is 1. The van der Waals surface area contributed by atoms with E-state index >= 15 is 0 Å². The number of thiophene rings is 1. The standard InChI is InChI=1S/C10H8Br2N2O2S2/c11-6-1-2-8(12)9(3-6)14-18(15,16)10-4-7(13)5-17-10/h1-5,14H,13H2. The zero-order valence-electron chi connectivity index (χ0n) is 8.85. The molecule has 1 heterocycles. The van der Waals surface area contributed by atoms with Gasteiger partial charge in [-0.05, 0) is 40.2 Å². The lowest BCUT2D eigenvalue weighted by atomic mass is 10.3. The molecule has 8 heteroatoms. The van der Waals surface area contributed by atoms with Crippen molar-refractivity contribution in [2.45, 2.75) is 4.21 Å². The molecule has 0 atom stereocenters. The average molecular weight is 412 g/mol. The van der Waals surface area contributed by atoms with Gasteiger partial charge in [0.05, 0.1) is 5.69 Å². The molecule has 2 rings (SSSR count). The molecule has 96 valence electrons. The summed E-state index contributed by atoms with van der Waals surface area (Å²) in [5.41, 5.74) is 6.43. The van der Waals surface area contributed by atoms with Crippen molar-refractivity contribution in [3.63, 3.8) is 0 Å². The van der Waals surface area contributed by atoms with Gasteiger partial charge in [-0.2, -0.15) is 0 Å². The topological polar surface area (TPSA) is 72.2 Å². The lowest BCUT2D eigenvalue weighted by Crippen LogP contribution is -2.11. The second-order valence-electron chi connectivity index (χ2n) is 3.43. The Bertz CT molecular complexity index is 683. The average Bonchev–Trinajstić information content (AvgIpc) is 2.71. The fraction of sp³-hybridized carbons (Fsp3) is 0. The van der Waals surface area contributed by atoms with Crippen LogP contribution in [0.2, 0.25) is 0 Å². The molecule has 3 N–H and O–H groups in total. The minimum Gasteiger partial charge on any atom is -0.398 e. The fourth-order valence-corrected chi connectivity index (χ4v) is 4.23.